The maximum Gasteiger partial charge on any atom is 0.255 e. The van der Waals surface area contributed by atoms with Crippen molar-refractivity contribution in [3.63, 3.8) is 0 Å². The van der Waals surface area contributed by atoms with Crippen molar-refractivity contribution in [2.24, 2.45) is 0 Å². The predicted octanol–water partition coefficient (Wildman–Crippen LogP) is 3.35. The van der Waals surface area contributed by atoms with Gasteiger partial charge in [0.2, 0.25) is 0 Å². The summed E-state index contributed by atoms with van der Waals surface area (Å²) in [6.45, 7) is 2.51. The average Bonchev–Trinajstić information content (AvgIpc) is 2.48. The SMILES string of the molecule is CCOc1cccc(NC(=O)c2ccc(OC)cc2)c1. The highest BCUT2D eigenvalue weighted by atomic mass is 16.5. The zero-order chi connectivity index (χ0) is 14.4. The lowest BCUT2D eigenvalue weighted by atomic mass is 10.2. The third-order valence-electron chi connectivity index (χ3n) is 2.76. The molecule has 0 unspecified atom stereocenters. The lowest BCUT2D eigenvalue weighted by molar-refractivity contribution is 0.102. The Hall–Kier alpha value is -2.49. The number of anilines is 1. The monoisotopic (exact) mass is 271 g/mol. The van der Waals surface area contributed by atoms with Crippen LogP contribution < -0.4 is 14.8 Å². The van der Waals surface area contributed by atoms with Gasteiger partial charge in [0.05, 0.1) is 13.7 Å². The molecule has 1 N–H and O–H groups in total. The molecule has 0 fully saturated rings. The molecule has 1 amide bonds. The molecule has 104 valence electrons. The fourth-order valence-corrected chi connectivity index (χ4v) is 1.78. The van der Waals surface area contributed by atoms with Gasteiger partial charge in [0, 0.05) is 17.3 Å². The van der Waals surface area contributed by atoms with Crippen LogP contribution in [0.5, 0.6) is 11.5 Å². The lowest BCUT2D eigenvalue weighted by Gasteiger charge is -2.08. The summed E-state index contributed by atoms with van der Waals surface area (Å²) in [7, 11) is 1.59. The van der Waals surface area contributed by atoms with E-state index in [2.05, 4.69) is 5.32 Å². The van der Waals surface area contributed by atoms with E-state index >= 15 is 0 Å². The summed E-state index contributed by atoms with van der Waals surface area (Å²) < 4.78 is 10.5. The van der Waals surface area contributed by atoms with Crippen LogP contribution >= 0.6 is 0 Å². The molecule has 2 rings (SSSR count). The van der Waals surface area contributed by atoms with Crippen LogP contribution in [0.1, 0.15) is 17.3 Å². The van der Waals surface area contributed by atoms with Crippen LogP contribution in [0.25, 0.3) is 0 Å². The highest BCUT2D eigenvalue weighted by molar-refractivity contribution is 6.04. The first-order valence-corrected chi connectivity index (χ1v) is 6.41. The number of rotatable bonds is 5. The molecule has 0 aliphatic carbocycles. The maximum atomic E-state index is 12.1. The topological polar surface area (TPSA) is 47.6 Å². The Balaban J connectivity index is 2.08. The molecule has 4 heteroatoms. The number of carbonyl (C=O) groups excluding carboxylic acids is 1. The molecule has 0 radical (unpaired) electrons. The Morgan fingerprint density at radius 1 is 1.10 bits per heavy atom. The summed E-state index contributed by atoms with van der Waals surface area (Å²) in [5.74, 6) is 1.29. The molecule has 0 spiro atoms. The minimum atomic E-state index is -0.165. The van der Waals surface area contributed by atoms with E-state index in [1.54, 1.807) is 37.4 Å². The molecule has 2 aromatic rings. The van der Waals surface area contributed by atoms with Crippen molar-refractivity contribution < 1.29 is 14.3 Å². The van der Waals surface area contributed by atoms with Gasteiger partial charge in [0.15, 0.2) is 0 Å². The average molecular weight is 271 g/mol. The fourth-order valence-electron chi connectivity index (χ4n) is 1.78. The fraction of sp³-hybridized carbons (Fsp3) is 0.188. The number of methoxy groups -OCH3 is 1. The number of carbonyl (C=O) groups is 1. The van der Waals surface area contributed by atoms with Crippen LogP contribution in [-0.2, 0) is 0 Å². The van der Waals surface area contributed by atoms with Crippen molar-refractivity contribution in [2.75, 3.05) is 19.0 Å². The van der Waals surface area contributed by atoms with Crippen LogP contribution in [0, 0.1) is 0 Å². The van der Waals surface area contributed by atoms with Gasteiger partial charge in [-0.05, 0) is 43.3 Å². The highest BCUT2D eigenvalue weighted by Gasteiger charge is 2.06. The van der Waals surface area contributed by atoms with Crippen LogP contribution in [0.15, 0.2) is 48.5 Å². The third kappa shape index (κ3) is 3.51. The van der Waals surface area contributed by atoms with Crippen LogP contribution in [0.2, 0.25) is 0 Å². The Kier molecular flexibility index (Phi) is 4.60. The number of hydrogen-bond donors (Lipinski definition) is 1. The molecule has 0 aliphatic heterocycles. The number of amides is 1. The van der Waals surface area contributed by atoms with E-state index in [9.17, 15) is 4.79 Å². The number of benzene rings is 2. The molecule has 0 atom stereocenters. The van der Waals surface area contributed by atoms with Crippen LogP contribution in [0.4, 0.5) is 5.69 Å². The molecule has 0 heterocycles. The summed E-state index contributed by atoms with van der Waals surface area (Å²) in [6.07, 6.45) is 0. The number of ether oxygens (including phenoxy) is 2. The second-order valence-corrected chi connectivity index (χ2v) is 4.14. The minimum Gasteiger partial charge on any atom is -0.497 e. The second kappa shape index (κ2) is 6.61. The summed E-state index contributed by atoms with van der Waals surface area (Å²) >= 11 is 0. The first-order chi connectivity index (χ1) is 9.72. The Bertz CT molecular complexity index is 579. The highest BCUT2D eigenvalue weighted by Crippen LogP contribution is 2.18. The van der Waals surface area contributed by atoms with E-state index in [0.717, 1.165) is 11.5 Å². The number of hydrogen-bond acceptors (Lipinski definition) is 3. The summed E-state index contributed by atoms with van der Waals surface area (Å²) in [5, 5.41) is 2.83. The van der Waals surface area contributed by atoms with Gasteiger partial charge in [-0.2, -0.15) is 0 Å². The smallest absolute Gasteiger partial charge is 0.255 e. The maximum absolute atomic E-state index is 12.1. The van der Waals surface area contributed by atoms with Crippen molar-refractivity contribution >= 4 is 11.6 Å². The van der Waals surface area contributed by atoms with Crippen molar-refractivity contribution in [3.05, 3.63) is 54.1 Å². The van der Waals surface area contributed by atoms with Crippen molar-refractivity contribution in [2.45, 2.75) is 6.92 Å². The van der Waals surface area contributed by atoms with Gasteiger partial charge >= 0.3 is 0 Å². The Labute approximate surface area is 118 Å². The standard InChI is InChI=1S/C16H17NO3/c1-3-20-15-6-4-5-13(11-15)17-16(18)12-7-9-14(19-2)10-8-12/h4-11H,3H2,1-2H3,(H,17,18). The van der Waals surface area contributed by atoms with Gasteiger partial charge in [0.1, 0.15) is 11.5 Å². The van der Waals surface area contributed by atoms with E-state index in [4.69, 9.17) is 9.47 Å². The molecule has 4 nitrogen and oxygen atoms in total. The second-order valence-electron chi connectivity index (χ2n) is 4.14. The van der Waals surface area contributed by atoms with Gasteiger partial charge in [-0.25, -0.2) is 0 Å². The summed E-state index contributed by atoms with van der Waals surface area (Å²) in [4.78, 5) is 12.1. The van der Waals surface area contributed by atoms with Gasteiger partial charge < -0.3 is 14.8 Å². The molecule has 0 bridgehead atoms. The molecular formula is C16H17NO3. The summed E-state index contributed by atoms with van der Waals surface area (Å²) in [5.41, 5.74) is 1.28. The Morgan fingerprint density at radius 3 is 2.50 bits per heavy atom. The van der Waals surface area contributed by atoms with Crippen molar-refractivity contribution in [3.8, 4) is 11.5 Å². The molecule has 0 aliphatic rings. The number of nitrogens with one attached hydrogen (secondary N) is 1. The van der Waals surface area contributed by atoms with Gasteiger partial charge in [0.25, 0.3) is 5.91 Å². The van der Waals surface area contributed by atoms with E-state index in [1.807, 2.05) is 25.1 Å². The summed E-state index contributed by atoms with van der Waals surface area (Å²) in [6, 6.07) is 14.3. The zero-order valence-corrected chi connectivity index (χ0v) is 11.6. The molecular weight excluding hydrogens is 254 g/mol. The van der Waals surface area contributed by atoms with Gasteiger partial charge in [-0.3, -0.25) is 4.79 Å². The quantitative estimate of drug-likeness (QED) is 0.907. The molecule has 0 saturated heterocycles. The molecule has 0 aromatic heterocycles. The molecule has 2 aromatic carbocycles. The molecule has 0 saturated carbocycles. The van der Waals surface area contributed by atoms with Crippen molar-refractivity contribution in [1.29, 1.82) is 0 Å². The van der Waals surface area contributed by atoms with E-state index in [-0.39, 0.29) is 5.91 Å². The van der Waals surface area contributed by atoms with E-state index < -0.39 is 0 Å². The van der Waals surface area contributed by atoms with E-state index in [0.29, 0.717) is 17.9 Å². The Morgan fingerprint density at radius 2 is 1.85 bits per heavy atom. The lowest BCUT2D eigenvalue weighted by Crippen LogP contribution is -2.11. The van der Waals surface area contributed by atoms with Crippen LogP contribution in [0.3, 0.4) is 0 Å². The van der Waals surface area contributed by atoms with Gasteiger partial charge in [-0.15, -0.1) is 0 Å². The minimum absolute atomic E-state index is 0.165. The van der Waals surface area contributed by atoms with Gasteiger partial charge in [-0.1, -0.05) is 6.07 Å². The third-order valence-corrected chi connectivity index (χ3v) is 2.76. The molecule has 20 heavy (non-hydrogen) atoms. The first kappa shape index (κ1) is 13.9. The zero-order valence-electron chi connectivity index (χ0n) is 11.6. The van der Waals surface area contributed by atoms with Crippen LogP contribution in [-0.4, -0.2) is 19.6 Å². The largest absolute Gasteiger partial charge is 0.497 e. The van der Waals surface area contributed by atoms with E-state index in [1.165, 1.54) is 0 Å². The first-order valence-electron chi connectivity index (χ1n) is 6.41. The van der Waals surface area contributed by atoms with Crippen molar-refractivity contribution in [1.82, 2.24) is 0 Å². The normalized spacial score (nSPS) is 9.90. The predicted molar refractivity (Wildman–Crippen MR) is 78.6 cm³/mol.